The molecule has 0 saturated carbocycles. The van der Waals surface area contributed by atoms with E-state index in [1.54, 1.807) is 0 Å². The molecule has 0 radical (unpaired) electrons. The molecule has 4 heterocycles. The van der Waals surface area contributed by atoms with Crippen LogP contribution in [0, 0.1) is 17.6 Å². The molecule has 1 spiro atoms. The number of anilines is 1. The zero-order valence-corrected chi connectivity index (χ0v) is 31.1. The molecule has 274 valence electrons. The lowest BCUT2D eigenvalue weighted by atomic mass is 9.78. The number of nitrogens with two attached hydrogens (primary N) is 1. The molecule has 3 aliphatic heterocycles. The van der Waals surface area contributed by atoms with Crippen LogP contribution >= 0.6 is 0 Å². The number of carbonyl (C=O) groups is 4. The van der Waals surface area contributed by atoms with E-state index in [1.165, 1.54) is 15.9 Å². The fraction of sp³-hybridized carbons (Fsp3) is 0.526. The Kier molecular flexibility index (Phi) is 10.2. The van der Waals surface area contributed by atoms with Gasteiger partial charge in [0.25, 0.3) is 5.91 Å². The minimum Gasteiger partial charge on any atom is -0.410 e. The van der Waals surface area contributed by atoms with Crippen LogP contribution in [0.15, 0.2) is 36.4 Å². The Balaban J connectivity index is 1.48. The Hall–Kier alpha value is -4.10. The Morgan fingerprint density at radius 3 is 2.45 bits per heavy atom. The molecule has 4 atom stereocenters. The van der Waals surface area contributed by atoms with Crippen LogP contribution in [0.4, 0.5) is 14.5 Å². The molecule has 1 fully saturated rings. The largest absolute Gasteiger partial charge is 0.410 e. The van der Waals surface area contributed by atoms with Gasteiger partial charge in [-0.1, -0.05) is 46.8 Å². The molecule has 4 bridgehead atoms. The number of aromatic nitrogens is 1. The van der Waals surface area contributed by atoms with Gasteiger partial charge >= 0.3 is 0 Å². The molecule has 3 aromatic rings. The van der Waals surface area contributed by atoms with Gasteiger partial charge in [-0.05, 0) is 85.5 Å². The van der Waals surface area contributed by atoms with E-state index in [0.717, 1.165) is 41.4 Å². The van der Waals surface area contributed by atoms with E-state index < -0.39 is 55.2 Å². The van der Waals surface area contributed by atoms with Crippen molar-refractivity contribution in [2.45, 2.75) is 108 Å². The van der Waals surface area contributed by atoms with Crippen molar-refractivity contribution in [3.8, 4) is 0 Å². The summed E-state index contributed by atoms with van der Waals surface area (Å²) in [6, 6.07) is 9.89. The van der Waals surface area contributed by atoms with Crippen molar-refractivity contribution in [3.05, 3.63) is 64.9 Å². The third-order valence-corrected chi connectivity index (χ3v) is 16.2. The van der Waals surface area contributed by atoms with Crippen molar-refractivity contribution >= 4 is 48.5 Å². The number of hydrogen-bond acceptors (Lipinski definition) is 5. The van der Waals surface area contributed by atoms with Gasteiger partial charge in [-0.15, -0.1) is 0 Å². The highest BCUT2D eigenvalue weighted by Gasteiger charge is 2.58. The van der Waals surface area contributed by atoms with Gasteiger partial charge in [-0.25, -0.2) is 8.78 Å². The number of amides is 4. The lowest BCUT2D eigenvalue weighted by Crippen LogP contribution is -2.55. The van der Waals surface area contributed by atoms with Gasteiger partial charge in [0.2, 0.25) is 17.7 Å². The number of carbonyl (C=O) groups excluding carboxylic acids is 4. The number of nitrogens with one attached hydrogen (secondary N) is 2. The maximum absolute atomic E-state index is 14.8. The number of nitrogens with zero attached hydrogens (tertiary/aromatic N) is 2. The molecule has 0 aliphatic carbocycles. The van der Waals surface area contributed by atoms with Crippen molar-refractivity contribution in [1.82, 2.24) is 14.8 Å². The summed E-state index contributed by atoms with van der Waals surface area (Å²) in [5, 5.41) is 3.06. The SMILES string of the molecule is CC[Si](CC)(CC)OC1CCCCN(C(=O)c2cc3c(F)cc(F)cc3[nH]2)[C@@H](CC(C)C)C(=O)N2C[C@]3(C[C@H]2C(N)=O)C(=O)Nc2ccc1cc23. The van der Waals surface area contributed by atoms with Gasteiger partial charge in [0, 0.05) is 30.2 Å². The molecule has 51 heavy (non-hydrogen) atoms. The van der Waals surface area contributed by atoms with Crippen LogP contribution in [0.5, 0.6) is 0 Å². The Labute approximate surface area is 298 Å². The fourth-order valence-electron chi connectivity index (χ4n) is 8.42. The summed E-state index contributed by atoms with van der Waals surface area (Å²) in [6.45, 7) is 10.5. The number of aromatic amines is 1. The summed E-state index contributed by atoms with van der Waals surface area (Å²) in [6.07, 6.45) is 1.86. The van der Waals surface area contributed by atoms with Crippen LogP contribution < -0.4 is 11.1 Å². The Bertz CT molecular complexity index is 1850. The maximum Gasteiger partial charge on any atom is 0.270 e. The Morgan fingerprint density at radius 1 is 1.06 bits per heavy atom. The molecule has 4 amide bonds. The van der Waals surface area contributed by atoms with Crippen molar-refractivity contribution < 1.29 is 32.4 Å². The number of halogens is 2. The highest BCUT2D eigenvalue weighted by atomic mass is 28.4. The maximum atomic E-state index is 14.8. The molecule has 1 unspecified atom stereocenters. The topological polar surface area (TPSA) is 138 Å². The van der Waals surface area contributed by atoms with E-state index in [4.69, 9.17) is 10.2 Å². The quantitative estimate of drug-likeness (QED) is 0.216. The number of fused-ring (bicyclic) bond motifs is 3. The summed E-state index contributed by atoms with van der Waals surface area (Å²) < 4.78 is 36.0. The smallest absolute Gasteiger partial charge is 0.270 e. The predicted octanol–water partition coefficient (Wildman–Crippen LogP) is 6.53. The van der Waals surface area contributed by atoms with Crippen LogP contribution in [-0.4, -0.2) is 71.9 Å². The highest BCUT2D eigenvalue weighted by Crippen LogP contribution is 2.48. The van der Waals surface area contributed by atoms with Crippen molar-refractivity contribution in [1.29, 1.82) is 0 Å². The fourth-order valence-corrected chi connectivity index (χ4v) is 11.3. The number of hydrogen-bond donors (Lipinski definition) is 3. The second kappa shape index (κ2) is 14.1. The first-order valence-corrected chi connectivity index (χ1v) is 20.8. The van der Waals surface area contributed by atoms with Gasteiger partial charge in [-0.3, -0.25) is 19.2 Å². The monoisotopic (exact) mass is 721 g/mol. The predicted molar refractivity (Wildman–Crippen MR) is 193 cm³/mol. The van der Waals surface area contributed by atoms with E-state index >= 15 is 0 Å². The average molecular weight is 722 g/mol. The van der Waals surface area contributed by atoms with Gasteiger partial charge in [0.05, 0.1) is 17.0 Å². The van der Waals surface area contributed by atoms with Gasteiger partial charge in [-0.2, -0.15) is 0 Å². The van der Waals surface area contributed by atoms with Crippen molar-refractivity contribution in [2.75, 3.05) is 18.4 Å². The molecular weight excluding hydrogens is 673 g/mol. The molecule has 1 aromatic heterocycles. The van der Waals surface area contributed by atoms with Crippen molar-refractivity contribution in [3.63, 3.8) is 0 Å². The third-order valence-electron chi connectivity index (χ3n) is 11.5. The lowest BCUT2D eigenvalue weighted by Gasteiger charge is -2.37. The first kappa shape index (κ1) is 36.7. The third kappa shape index (κ3) is 6.58. The molecule has 1 saturated heterocycles. The number of benzene rings is 2. The minimum absolute atomic E-state index is 0.00859. The lowest BCUT2D eigenvalue weighted by molar-refractivity contribution is -0.141. The summed E-state index contributed by atoms with van der Waals surface area (Å²) in [5.41, 5.74) is 7.18. The van der Waals surface area contributed by atoms with E-state index in [9.17, 15) is 28.0 Å². The molecule has 10 nitrogen and oxygen atoms in total. The van der Waals surface area contributed by atoms with Gasteiger partial charge < -0.3 is 30.3 Å². The molecule has 6 rings (SSSR count). The van der Waals surface area contributed by atoms with E-state index in [-0.39, 0.29) is 60.5 Å². The second-order valence-electron chi connectivity index (χ2n) is 15.0. The second-order valence-corrected chi connectivity index (χ2v) is 19.7. The van der Waals surface area contributed by atoms with E-state index in [1.807, 2.05) is 32.0 Å². The zero-order valence-electron chi connectivity index (χ0n) is 30.1. The molecule has 4 N–H and O–H groups in total. The molecular formula is C38H49F2N5O5Si. The number of H-pyrrole nitrogens is 1. The number of rotatable bonds is 9. The van der Waals surface area contributed by atoms with Crippen LogP contribution in [0.3, 0.4) is 0 Å². The summed E-state index contributed by atoms with van der Waals surface area (Å²) in [4.78, 5) is 62.1. The van der Waals surface area contributed by atoms with Gasteiger partial charge in [0.15, 0.2) is 8.32 Å². The summed E-state index contributed by atoms with van der Waals surface area (Å²) in [7, 11) is -2.10. The van der Waals surface area contributed by atoms with Crippen molar-refractivity contribution in [2.24, 2.45) is 11.7 Å². The summed E-state index contributed by atoms with van der Waals surface area (Å²) in [5.74, 6) is -3.70. The molecule has 2 aromatic carbocycles. The average Bonchev–Trinajstić information content (AvgIpc) is 3.79. The summed E-state index contributed by atoms with van der Waals surface area (Å²) >= 11 is 0. The highest BCUT2D eigenvalue weighted by molar-refractivity contribution is 6.73. The first-order chi connectivity index (χ1) is 24.3. The Morgan fingerprint density at radius 2 is 1.78 bits per heavy atom. The zero-order chi connectivity index (χ0) is 36.8. The minimum atomic E-state index is -2.10. The standard InChI is InChI=1S/C38H49F2N5O5Si/c1-6-51(7-2,8-3)50-33-11-9-10-14-44(35(47)30-19-25-27(40)17-24(39)18-29(25)42-30)31(15-22(4)5)36(48)45-21-38(20-32(45)34(41)46)26-16-23(33)12-13-28(26)43-37(38)49/h12-13,16-19,22,31-33,42H,6-11,14-15,20-21H2,1-5H3,(H2,41,46)(H,43,49)/t31-,32-,33?,38-/m0/s1. The van der Waals surface area contributed by atoms with Crippen LogP contribution in [0.2, 0.25) is 18.1 Å². The number of primary amides is 1. The normalized spacial score (nSPS) is 24.0. The first-order valence-electron chi connectivity index (χ1n) is 18.3. The van der Waals surface area contributed by atoms with E-state index in [2.05, 4.69) is 31.1 Å². The molecule has 13 heteroatoms. The van der Waals surface area contributed by atoms with Crippen LogP contribution in [-0.2, 0) is 24.2 Å². The van der Waals surface area contributed by atoms with Crippen LogP contribution in [0.1, 0.15) is 94.4 Å². The molecule has 3 aliphatic rings. The van der Waals surface area contributed by atoms with E-state index in [0.29, 0.717) is 24.9 Å². The van der Waals surface area contributed by atoms with Gasteiger partial charge in [0.1, 0.15) is 29.4 Å². The van der Waals surface area contributed by atoms with Crippen LogP contribution in [0.25, 0.3) is 10.9 Å².